The number of rotatable bonds is 24. The van der Waals surface area contributed by atoms with Crippen molar-refractivity contribution in [3.8, 4) is 17.2 Å². The zero-order valence-corrected chi connectivity index (χ0v) is 42.1. The lowest BCUT2D eigenvalue weighted by Gasteiger charge is -2.31. The molecule has 0 unspecified atom stereocenters. The highest BCUT2D eigenvalue weighted by atomic mass is 16.6. The van der Waals surface area contributed by atoms with Crippen molar-refractivity contribution in [3.05, 3.63) is 106 Å². The maximum absolute atomic E-state index is 14.0. The molecule has 19 nitrogen and oxygen atoms in total. The molecule has 0 saturated carbocycles. The maximum atomic E-state index is 14.0. The van der Waals surface area contributed by atoms with Gasteiger partial charge in [0.2, 0.25) is 0 Å². The fourth-order valence-corrected chi connectivity index (χ4v) is 9.31. The van der Waals surface area contributed by atoms with Gasteiger partial charge < -0.3 is 43.9 Å². The number of aliphatic imine (C=N–C) groups is 1. The predicted octanol–water partition coefficient (Wildman–Crippen LogP) is 6.42. The van der Waals surface area contributed by atoms with Crippen LogP contribution in [0.4, 0.5) is 21.9 Å². The fraction of sp³-hybridized carbons (Fsp3) is 0.418. The molecule has 0 bridgehead atoms. The number of hydrogen-bond acceptors (Lipinski definition) is 15. The number of nitrogens with zero attached hydrogens (tertiary/aromatic N) is 5. The summed E-state index contributed by atoms with van der Waals surface area (Å²) in [5, 5.41) is 14.9. The summed E-state index contributed by atoms with van der Waals surface area (Å²) in [6.07, 6.45) is 8.72. The number of unbranched alkanes of at least 4 members (excludes halogenated alkanes) is 2. The number of benzene rings is 3. The average molecular weight is 1020 g/mol. The Hall–Kier alpha value is -7.64. The van der Waals surface area contributed by atoms with Crippen LogP contribution in [0.25, 0.3) is 0 Å². The van der Waals surface area contributed by atoms with Crippen LogP contribution in [0.2, 0.25) is 0 Å². The lowest BCUT2D eigenvalue weighted by atomic mass is 10.1. The van der Waals surface area contributed by atoms with Crippen molar-refractivity contribution in [2.75, 3.05) is 69.9 Å². The Kier molecular flexibility index (Phi) is 17.0. The van der Waals surface area contributed by atoms with Crippen LogP contribution in [0, 0.1) is 6.92 Å². The monoisotopic (exact) mass is 1010 g/mol. The third-order valence-electron chi connectivity index (χ3n) is 13.3. The molecule has 3 atom stereocenters. The molecule has 0 spiro atoms. The van der Waals surface area contributed by atoms with Crippen LogP contribution < -0.4 is 24.4 Å². The summed E-state index contributed by atoms with van der Waals surface area (Å²) in [5.41, 5.74) is 5.39. The van der Waals surface area contributed by atoms with Gasteiger partial charge in [0.1, 0.15) is 18.1 Å². The molecule has 8 rings (SSSR count). The molecule has 0 aliphatic carbocycles. The van der Waals surface area contributed by atoms with Gasteiger partial charge in [-0.15, -0.1) is 0 Å². The molecule has 5 aliphatic rings. The summed E-state index contributed by atoms with van der Waals surface area (Å²) < 4.78 is 29.3. The Bertz CT molecular complexity index is 2780. The third kappa shape index (κ3) is 12.4. The van der Waals surface area contributed by atoms with Gasteiger partial charge in [-0.25, -0.2) is 9.69 Å². The second kappa shape index (κ2) is 23.9. The second-order valence-corrected chi connectivity index (χ2v) is 18.9. The minimum atomic E-state index is -1.46. The first kappa shape index (κ1) is 52.7. The van der Waals surface area contributed by atoms with Gasteiger partial charge in [0.05, 0.1) is 68.1 Å². The number of fused-ring (bicyclic) bond motifs is 4. The van der Waals surface area contributed by atoms with Gasteiger partial charge in [0.25, 0.3) is 23.6 Å². The Balaban J connectivity index is 0.792. The van der Waals surface area contributed by atoms with E-state index in [0.717, 1.165) is 27.4 Å². The molecule has 0 aromatic heterocycles. The number of anilines is 2. The first-order chi connectivity index (χ1) is 35.7. The molecule has 5 heterocycles. The van der Waals surface area contributed by atoms with E-state index in [9.17, 15) is 38.7 Å². The molecule has 0 fully saturated rings. The van der Waals surface area contributed by atoms with Crippen LogP contribution in [-0.2, 0) is 35.3 Å². The topological polar surface area (TPSA) is 223 Å². The zero-order valence-electron chi connectivity index (χ0n) is 42.1. The number of aliphatic hydroxyl groups excluding tert-OH is 1. The minimum Gasteiger partial charge on any atom is -0.493 e. The maximum Gasteiger partial charge on any atom is 0.416 e. The molecule has 3 aromatic rings. The average Bonchev–Trinajstić information content (AvgIpc) is 4.04. The number of Topliss-reactive ketones (excluding diaryl/α,β-unsaturated/α-hetero) is 2. The molecule has 19 heteroatoms. The van der Waals surface area contributed by atoms with Crippen molar-refractivity contribution >= 4 is 64.6 Å². The van der Waals surface area contributed by atoms with E-state index >= 15 is 0 Å². The smallest absolute Gasteiger partial charge is 0.416 e. The van der Waals surface area contributed by atoms with Crippen LogP contribution in [0.15, 0.2) is 89.0 Å². The lowest BCUT2D eigenvalue weighted by molar-refractivity contribution is -0.137. The summed E-state index contributed by atoms with van der Waals surface area (Å²) in [6.45, 7) is 7.72. The molecule has 0 saturated heterocycles. The standard InChI is InChI=1S/C55H62N6O13/c1-34-23-39-29-57-44-27-49(48(70-4)26-42(44)52(66)59(39)31-34)73-21-7-5-6-20-72-47-28-45-43(25-36(47)3)53(67)60-32-35(2)24-46(60)54(68)61(45)55(69)74-33-37-10-12-38(13-11-37)56-30-41(63)17-22-71-19-8-9-40(62)16-18-58-50(64)14-15-51(58)65/h10-15,23-29,39,46,54,56,68H,5-9,16-22,30-33H2,1-4H3/t39-,46-,54-/m0/s1. The molecule has 5 aliphatic heterocycles. The Morgan fingerprint density at radius 1 is 0.730 bits per heavy atom. The van der Waals surface area contributed by atoms with E-state index < -0.39 is 30.2 Å². The number of ketones is 2. The third-order valence-corrected chi connectivity index (χ3v) is 13.3. The van der Waals surface area contributed by atoms with Crippen LogP contribution in [-0.4, -0.2) is 145 Å². The fourth-order valence-electron chi connectivity index (χ4n) is 9.31. The van der Waals surface area contributed by atoms with Gasteiger partial charge in [-0.2, -0.15) is 0 Å². The zero-order chi connectivity index (χ0) is 52.5. The number of carbonyl (C=O) groups excluding carboxylic acids is 7. The number of imide groups is 1. The van der Waals surface area contributed by atoms with E-state index in [4.69, 9.17) is 23.7 Å². The number of ether oxygens (including phenoxy) is 5. The first-order valence-corrected chi connectivity index (χ1v) is 24.9. The van der Waals surface area contributed by atoms with Gasteiger partial charge >= 0.3 is 6.09 Å². The minimum absolute atomic E-state index is 0.0558. The molecule has 3 aromatic carbocycles. The first-order valence-electron chi connectivity index (χ1n) is 24.9. The molecular weight excluding hydrogens is 953 g/mol. The van der Waals surface area contributed by atoms with Crippen molar-refractivity contribution in [1.82, 2.24) is 14.7 Å². The van der Waals surface area contributed by atoms with Crippen molar-refractivity contribution in [3.63, 3.8) is 0 Å². The highest BCUT2D eigenvalue weighted by Gasteiger charge is 2.44. The summed E-state index contributed by atoms with van der Waals surface area (Å²) in [7, 11) is 1.54. The summed E-state index contributed by atoms with van der Waals surface area (Å²) in [6, 6.07) is 12.7. The van der Waals surface area contributed by atoms with Gasteiger partial charge in [-0.3, -0.25) is 38.7 Å². The largest absolute Gasteiger partial charge is 0.493 e. The SMILES string of the molecule is COc1cc2c(cc1OCCCCCOc1cc3c(cc1C)C(=O)N1CC(C)=C[C@H]1[C@H](O)N3C(=O)OCc1ccc(NCC(=O)CCOCCCC(=O)CCN3C(=O)C=CC3=O)cc1)N=C[C@@H]1C=C(C)CN1C2=O. The number of hydrogen-bond donors (Lipinski definition) is 2. The number of carbonyl (C=O) groups is 7. The van der Waals surface area contributed by atoms with Gasteiger partial charge in [-0.05, 0) is 81.8 Å². The van der Waals surface area contributed by atoms with Gasteiger partial charge in [0.15, 0.2) is 23.5 Å². The van der Waals surface area contributed by atoms with Crippen LogP contribution in [0.5, 0.6) is 17.2 Å². The molecule has 74 heavy (non-hydrogen) atoms. The van der Waals surface area contributed by atoms with Crippen molar-refractivity contribution in [2.45, 2.75) is 90.6 Å². The van der Waals surface area contributed by atoms with Gasteiger partial charge in [0, 0.05) is 81.7 Å². The van der Waals surface area contributed by atoms with E-state index in [1.807, 2.05) is 26.8 Å². The van der Waals surface area contributed by atoms with Gasteiger partial charge in [-0.1, -0.05) is 35.4 Å². The number of amides is 5. The van der Waals surface area contributed by atoms with E-state index in [1.54, 1.807) is 70.6 Å². The molecular formula is C55H62N6O13. The Morgan fingerprint density at radius 2 is 1.43 bits per heavy atom. The lowest BCUT2D eigenvalue weighted by Crippen LogP contribution is -2.50. The highest BCUT2D eigenvalue weighted by molar-refractivity contribution is 6.13. The molecule has 390 valence electrons. The van der Waals surface area contributed by atoms with Crippen LogP contribution in [0.1, 0.15) is 90.6 Å². The quantitative estimate of drug-likeness (QED) is 0.0562. The predicted molar refractivity (Wildman–Crippen MR) is 273 cm³/mol. The summed E-state index contributed by atoms with van der Waals surface area (Å²) in [4.78, 5) is 99.5. The number of nitrogens with one attached hydrogen (secondary N) is 1. The summed E-state index contributed by atoms with van der Waals surface area (Å²) >= 11 is 0. The number of aryl methyl sites for hydroxylation is 1. The summed E-state index contributed by atoms with van der Waals surface area (Å²) in [5.74, 6) is -0.0376. The van der Waals surface area contributed by atoms with E-state index in [0.29, 0.717) is 97.5 Å². The van der Waals surface area contributed by atoms with Crippen molar-refractivity contribution in [2.24, 2.45) is 4.99 Å². The van der Waals surface area contributed by atoms with Crippen molar-refractivity contribution < 1.29 is 62.4 Å². The normalized spacial score (nSPS) is 18.6. The van der Waals surface area contributed by atoms with E-state index in [2.05, 4.69) is 10.3 Å². The Morgan fingerprint density at radius 3 is 2.18 bits per heavy atom. The van der Waals surface area contributed by atoms with Crippen molar-refractivity contribution in [1.29, 1.82) is 0 Å². The molecule has 5 amide bonds. The van der Waals surface area contributed by atoms with E-state index in [1.165, 1.54) is 19.3 Å². The molecule has 0 radical (unpaired) electrons. The second-order valence-electron chi connectivity index (χ2n) is 18.9. The van der Waals surface area contributed by atoms with Crippen LogP contribution >= 0.6 is 0 Å². The van der Waals surface area contributed by atoms with E-state index in [-0.39, 0.29) is 86.2 Å². The Labute approximate surface area is 429 Å². The molecule has 2 N–H and O–H groups in total. The number of methoxy groups -OCH3 is 1. The number of aliphatic hydroxyl groups is 1. The van der Waals surface area contributed by atoms with Crippen LogP contribution in [0.3, 0.4) is 0 Å². The highest BCUT2D eigenvalue weighted by Crippen LogP contribution is 2.40.